The Labute approximate surface area is 126 Å². The summed E-state index contributed by atoms with van der Waals surface area (Å²) < 4.78 is 1.93. The number of imidazole rings is 1. The molecule has 108 valence electrons. The molecule has 0 bridgehead atoms. The highest BCUT2D eigenvalue weighted by atomic mass is 32.2. The molecule has 1 aromatic carbocycles. The van der Waals surface area contributed by atoms with Crippen LogP contribution in [0.15, 0.2) is 29.6 Å². The van der Waals surface area contributed by atoms with Crippen molar-refractivity contribution in [3.8, 4) is 0 Å². The lowest BCUT2D eigenvalue weighted by Gasteiger charge is -2.06. The number of carbonyl (C=O) groups is 1. The molecular formula is C14H15N5OS. The van der Waals surface area contributed by atoms with E-state index in [0.717, 1.165) is 11.0 Å². The zero-order valence-electron chi connectivity index (χ0n) is 11.5. The standard InChI is InChI=1S/C14H15N5OS/c1-19-7-15-10-6-9(4-5-11(10)19)12(20)16-14-18-17-13(21-14)8-2-3-8/h4-8,13,17H,2-3H2,1H3,(H,16,18,20). The van der Waals surface area contributed by atoms with Crippen LogP contribution in [0.1, 0.15) is 23.2 Å². The summed E-state index contributed by atoms with van der Waals surface area (Å²) in [4.78, 5) is 16.5. The van der Waals surface area contributed by atoms with E-state index in [1.807, 2.05) is 23.7 Å². The maximum Gasteiger partial charge on any atom is 0.257 e. The van der Waals surface area contributed by atoms with Crippen LogP contribution in [0.4, 0.5) is 0 Å². The van der Waals surface area contributed by atoms with Crippen LogP contribution in [0.5, 0.6) is 0 Å². The molecule has 1 amide bonds. The lowest BCUT2D eigenvalue weighted by molar-refractivity contribution is 0.0978. The van der Waals surface area contributed by atoms with Crippen LogP contribution in [-0.2, 0) is 7.05 Å². The van der Waals surface area contributed by atoms with Crippen molar-refractivity contribution in [1.29, 1.82) is 0 Å². The molecular weight excluding hydrogens is 286 g/mol. The molecule has 4 rings (SSSR count). The number of aromatic nitrogens is 2. The molecule has 7 heteroatoms. The average molecular weight is 301 g/mol. The van der Waals surface area contributed by atoms with Crippen molar-refractivity contribution in [3.05, 3.63) is 30.1 Å². The quantitative estimate of drug-likeness (QED) is 0.885. The Morgan fingerprint density at radius 2 is 2.33 bits per heavy atom. The van der Waals surface area contributed by atoms with Crippen LogP contribution < -0.4 is 10.7 Å². The molecule has 1 fully saturated rings. The number of amides is 1. The second-order valence-corrected chi connectivity index (χ2v) is 6.57. The van der Waals surface area contributed by atoms with Crippen molar-refractivity contribution in [1.82, 2.24) is 20.3 Å². The Morgan fingerprint density at radius 1 is 1.48 bits per heavy atom. The lowest BCUT2D eigenvalue weighted by Crippen LogP contribution is -2.27. The zero-order chi connectivity index (χ0) is 14.4. The molecule has 1 atom stereocenters. The SMILES string of the molecule is Cn1cnc2cc(C(=O)NC3=NNC(C4CC4)S3)ccc21. The number of aryl methyl sites for hydroxylation is 1. The highest BCUT2D eigenvalue weighted by Gasteiger charge is 2.35. The van der Waals surface area contributed by atoms with E-state index in [9.17, 15) is 4.79 Å². The second kappa shape index (κ2) is 4.77. The molecule has 2 aromatic rings. The normalized spacial score (nSPS) is 21.2. The summed E-state index contributed by atoms with van der Waals surface area (Å²) in [7, 11) is 1.93. The summed E-state index contributed by atoms with van der Waals surface area (Å²) in [5.74, 6) is 0.546. The molecule has 0 spiro atoms. The molecule has 2 aliphatic rings. The first-order chi connectivity index (χ1) is 10.2. The van der Waals surface area contributed by atoms with E-state index in [1.165, 1.54) is 12.8 Å². The third kappa shape index (κ3) is 2.37. The third-order valence-corrected chi connectivity index (χ3v) is 4.95. The molecule has 2 heterocycles. The summed E-state index contributed by atoms with van der Waals surface area (Å²) in [5.41, 5.74) is 5.50. The van der Waals surface area contributed by atoms with E-state index in [-0.39, 0.29) is 5.91 Å². The highest BCUT2D eigenvalue weighted by Crippen LogP contribution is 2.39. The zero-order valence-corrected chi connectivity index (χ0v) is 12.4. The van der Waals surface area contributed by atoms with Gasteiger partial charge >= 0.3 is 0 Å². The third-order valence-electron chi connectivity index (χ3n) is 3.79. The number of hydrazone groups is 1. The molecule has 1 aliphatic heterocycles. The maximum absolute atomic E-state index is 12.3. The van der Waals surface area contributed by atoms with Gasteiger partial charge < -0.3 is 4.57 Å². The maximum atomic E-state index is 12.3. The van der Waals surface area contributed by atoms with E-state index >= 15 is 0 Å². The molecule has 1 aromatic heterocycles. The summed E-state index contributed by atoms with van der Waals surface area (Å²) in [6, 6.07) is 5.52. The van der Waals surface area contributed by atoms with Crippen molar-refractivity contribution in [3.63, 3.8) is 0 Å². The lowest BCUT2D eigenvalue weighted by atomic mass is 10.2. The smallest absolute Gasteiger partial charge is 0.257 e. The minimum absolute atomic E-state index is 0.146. The number of thioether (sulfide) groups is 1. The molecule has 6 nitrogen and oxygen atoms in total. The first-order valence-corrected chi connectivity index (χ1v) is 7.81. The van der Waals surface area contributed by atoms with Gasteiger partial charge in [0.15, 0.2) is 5.17 Å². The van der Waals surface area contributed by atoms with Gasteiger partial charge in [-0.1, -0.05) is 11.8 Å². The van der Waals surface area contributed by atoms with Gasteiger partial charge in [-0.25, -0.2) is 4.98 Å². The number of amidine groups is 1. The predicted octanol–water partition coefficient (Wildman–Crippen LogP) is 1.65. The number of hydrogen-bond acceptors (Lipinski definition) is 5. The molecule has 0 saturated heterocycles. The summed E-state index contributed by atoms with van der Waals surface area (Å²) >= 11 is 1.60. The number of benzene rings is 1. The van der Waals surface area contributed by atoms with Gasteiger partial charge in [0.1, 0.15) is 0 Å². The van der Waals surface area contributed by atoms with Gasteiger partial charge in [-0.15, -0.1) is 0 Å². The van der Waals surface area contributed by atoms with Crippen molar-refractivity contribution in [2.75, 3.05) is 0 Å². The Kier molecular flexibility index (Phi) is 2.88. The number of fused-ring (bicyclic) bond motifs is 1. The van der Waals surface area contributed by atoms with Crippen molar-refractivity contribution in [2.45, 2.75) is 18.2 Å². The van der Waals surface area contributed by atoms with E-state index in [1.54, 1.807) is 24.2 Å². The van der Waals surface area contributed by atoms with Crippen molar-refractivity contribution >= 4 is 33.9 Å². The number of hydrogen-bond donors (Lipinski definition) is 2. The molecule has 1 unspecified atom stereocenters. The van der Waals surface area contributed by atoms with Gasteiger partial charge in [-0.3, -0.25) is 15.5 Å². The van der Waals surface area contributed by atoms with Crippen LogP contribution >= 0.6 is 11.8 Å². The summed E-state index contributed by atoms with van der Waals surface area (Å²) in [6.07, 6.45) is 4.24. The van der Waals surface area contributed by atoms with Crippen LogP contribution in [0.3, 0.4) is 0 Å². The fourth-order valence-electron chi connectivity index (χ4n) is 2.40. The van der Waals surface area contributed by atoms with Crippen molar-refractivity contribution < 1.29 is 4.79 Å². The van der Waals surface area contributed by atoms with Gasteiger partial charge in [0.25, 0.3) is 5.91 Å². The molecule has 0 radical (unpaired) electrons. The topological polar surface area (TPSA) is 71.3 Å². The molecule has 1 saturated carbocycles. The van der Waals surface area contributed by atoms with E-state index in [2.05, 4.69) is 20.8 Å². The van der Waals surface area contributed by atoms with Gasteiger partial charge in [0, 0.05) is 12.6 Å². The number of nitrogens with zero attached hydrogens (tertiary/aromatic N) is 3. The fourth-order valence-corrected chi connectivity index (χ4v) is 3.47. The Morgan fingerprint density at radius 3 is 3.14 bits per heavy atom. The first-order valence-electron chi connectivity index (χ1n) is 6.93. The minimum Gasteiger partial charge on any atom is -0.334 e. The van der Waals surface area contributed by atoms with E-state index in [0.29, 0.717) is 22.0 Å². The van der Waals surface area contributed by atoms with Gasteiger partial charge in [0.2, 0.25) is 0 Å². The molecule has 1 aliphatic carbocycles. The second-order valence-electron chi connectivity index (χ2n) is 5.44. The monoisotopic (exact) mass is 301 g/mol. The predicted molar refractivity (Wildman–Crippen MR) is 82.9 cm³/mol. The fraction of sp³-hybridized carbons (Fsp3) is 0.357. The largest absolute Gasteiger partial charge is 0.334 e. The summed E-state index contributed by atoms with van der Waals surface area (Å²) in [5, 5.41) is 8.01. The Bertz CT molecular complexity index is 749. The molecule has 21 heavy (non-hydrogen) atoms. The average Bonchev–Trinajstić information content (AvgIpc) is 3.14. The van der Waals surface area contributed by atoms with Gasteiger partial charge in [0.05, 0.1) is 22.7 Å². The van der Waals surface area contributed by atoms with E-state index in [4.69, 9.17) is 0 Å². The van der Waals surface area contributed by atoms with Gasteiger partial charge in [-0.2, -0.15) is 5.10 Å². The van der Waals surface area contributed by atoms with Crippen LogP contribution in [0, 0.1) is 5.92 Å². The highest BCUT2D eigenvalue weighted by molar-refractivity contribution is 8.14. The Hall–Kier alpha value is -2.02. The van der Waals surface area contributed by atoms with Crippen LogP contribution in [-0.4, -0.2) is 26.0 Å². The van der Waals surface area contributed by atoms with Crippen LogP contribution in [0.2, 0.25) is 0 Å². The van der Waals surface area contributed by atoms with Gasteiger partial charge in [-0.05, 0) is 37.0 Å². The Balaban J connectivity index is 1.48. The number of carbonyl (C=O) groups excluding carboxylic acids is 1. The molecule has 2 N–H and O–H groups in total. The van der Waals surface area contributed by atoms with E-state index < -0.39 is 0 Å². The van der Waals surface area contributed by atoms with Crippen molar-refractivity contribution in [2.24, 2.45) is 18.1 Å². The first kappa shape index (κ1) is 12.7. The summed E-state index contributed by atoms with van der Waals surface area (Å²) in [6.45, 7) is 0. The van der Waals surface area contributed by atoms with Crippen LogP contribution in [0.25, 0.3) is 11.0 Å². The minimum atomic E-state index is -0.146. The number of nitrogens with one attached hydrogen (secondary N) is 2. The number of rotatable bonds is 2.